The number of amides is 1. The maximum atomic E-state index is 12.3. The van der Waals surface area contributed by atoms with Crippen LogP contribution in [0.15, 0.2) is 52.3 Å². The Bertz CT molecular complexity index is 674. The Kier molecular flexibility index (Phi) is 4.52. The van der Waals surface area contributed by atoms with Gasteiger partial charge in [-0.25, -0.2) is 0 Å². The van der Waals surface area contributed by atoms with Crippen molar-refractivity contribution in [2.24, 2.45) is 4.99 Å². The average Bonchev–Trinajstić information content (AvgIpc) is 2.42. The van der Waals surface area contributed by atoms with Crippen LogP contribution in [0.25, 0.3) is 0 Å². The van der Waals surface area contributed by atoms with Gasteiger partial charge in [0.2, 0.25) is 0 Å². The highest BCUT2D eigenvalue weighted by atomic mass is 35.5. The normalized spacial score (nSPS) is 16.1. The molecule has 0 atom stereocenters. The number of nitrogens with one attached hydrogen (secondary N) is 1. The Morgan fingerprint density at radius 2 is 2.14 bits per heavy atom. The molecule has 0 saturated heterocycles. The summed E-state index contributed by atoms with van der Waals surface area (Å²) < 4.78 is 38.3. The predicted molar refractivity (Wildman–Crippen MR) is 71.1 cm³/mol. The molecule has 0 fully saturated rings. The maximum absolute atomic E-state index is 12.3. The first-order valence-electron chi connectivity index (χ1n) is 5.97. The number of hydrogen-bond donors (Lipinski definition) is 1. The number of hydrogen-bond acceptors (Lipinski definition) is 2. The molecule has 1 aromatic rings. The van der Waals surface area contributed by atoms with Crippen LogP contribution in [0.5, 0.6) is 0 Å². The second kappa shape index (κ2) is 6.17. The van der Waals surface area contributed by atoms with Crippen LogP contribution >= 0.6 is 11.6 Å². The van der Waals surface area contributed by atoms with Gasteiger partial charge in [-0.15, -0.1) is 0 Å². The van der Waals surface area contributed by atoms with Crippen molar-refractivity contribution in [3.05, 3.63) is 52.8 Å². The van der Waals surface area contributed by atoms with Crippen LogP contribution in [-0.4, -0.2) is 23.2 Å². The minimum absolute atomic E-state index is 0.0543. The van der Waals surface area contributed by atoms with Crippen LogP contribution in [0.4, 0.5) is 13.2 Å². The van der Waals surface area contributed by atoms with Crippen LogP contribution in [0.1, 0.15) is 0 Å². The fourth-order valence-corrected chi connectivity index (χ4v) is 1.83. The van der Waals surface area contributed by atoms with Gasteiger partial charge in [-0.05, 0) is 23.8 Å². The molecule has 0 spiro atoms. The van der Waals surface area contributed by atoms with E-state index in [9.17, 15) is 18.0 Å². The molecule has 1 amide bonds. The monoisotopic (exact) mass is 317 g/mol. The molecule has 0 radical (unpaired) electrons. The lowest BCUT2D eigenvalue weighted by atomic mass is 10.2. The Balaban J connectivity index is 2.30. The van der Waals surface area contributed by atoms with Gasteiger partial charge in [-0.1, -0.05) is 23.7 Å². The van der Waals surface area contributed by atoms with Crippen molar-refractivity contribution in [3.63, 3.8) is 0 Å². The second-order valence-corrected chi connectivity index (χ2v) is 4.70. The van der Waals surface area contributed by atoms with Crippen molar-refractivity contribution in [2.75, 3.05) is 6.54 Å². The fraction of sp³-hybridized carbons (Fsp3) is 0.231. The van der Waals surface area contributed by atoms with Gasteiger partial charge in [-0.3, -0.25) is 4.79 Å². The molecule has 2 heterocycles. The van der Waals surface area contributed by atoms with Crippen molar-refractivity contribution in [1.82, 2.24) is 9.88 Å². The highest BCUT2D eigenvalue weighted by molar-refractivity contribution is 6.29. The number of alkyl halides is 3. The summed E-state index contributed by atoms with van der Waals surface area (Å²) in [6.07, 6.45) is 0.00855. The van der Waals surface area contributed by atoms with Gasteiger partial charge in [0.15, 0.2) is 0 Å². The van der Waals surface area contributed by atoms with E-state index in [2.05, 4.69) is 10.3 Å². The van der Waals surface area contributed by atoms with E-state index in [1.54, 1.807) is 24.4 Å². The molecular formula is C13H11ClF3N3O. The molecular weight excluding hydrogens is 307 g/mol. The fourth-order valence-electron chi connectivity index (χ4n) is 1.70. The van der Waals surface area contributed by atoms with Crippen molar-refractivity contribution in [1.29, 1.82) is 0 Å². The molecule has 2 rings (SSSR count). The molecule has 0 saturated carbocycles. The molecule has 1 N–H and O–H groups in total. The lowest BCUT2D eigenvalue weighted by Gasteiger charge is -2.15. The van der Waals surface area contributed by atoms with E-state index in [1.165, 1.54) is 16.7 Å². The molecule has 1 aliphatic rings. The predicted octanol–water partition coefficient (Wildman–Crippen LogP) is 2.09. The topological polar surface area (TPSA) is 46.4 Å². The molecule has 0 unspecified atom stereocenters. The van der Waals surface area contributed by atoms with Crippen molar-refractivity contribution < 1.29 is 18.0 Å². The highest BCUT2D eigenvalue weighted by Gasteiger charge is 2.38. The lowest BCUT2D eigenvalue weighted by molar-refractivity contribution is -0.169. The number of nitrogens with zero attached hydrogens (tertiary/aromatic N) is 2. The summed E-state index contributed by atoms with van der Waals surface area (Å²) in [5, 5.41) is 3.40. The third-order valence-corrected chi connectivity index (χ3v) is 2.96. The van der Waals surface area contributed by atoms with Gasteiger partial charge in [0.05, 0.1) is 0 Å². The Labute approximate surface area is 123 Å². The summed E-state index contributed by atoms with van der Waals surface area (Å²) in [5.41, 5.74) is 0.841. The zero-order chi connectivity index (χ0) is 15.5. The average molecular weight is 318 g/mol. The number of dihydropyridines is 1. The standard InChI is InChI=1S/C13H11ClF3N3O/c14-10-5-4-9(7-18-10)8-20-6-2-1-3-11(20)19-12(21)13(15,16)17/h1-6,18H,7-8H2/b19-11+. The van der Waals surface area contributed by atoms with Gasteiger partial charge in [-0.2, -0.15) is 18.2 Å². The zero-order valence-corrected chi connectivity index (χ0v) is 11.4. The van der Waals surface area contributed by atoms with Gasteiger partial charge in [0.25, 0.3) is 0 Å². The third-order valence-electron chi connectivity index (χ3n) is 2.70. The van der Waals surface area contributed by atoms with Crippen LogP contribution in [0.2, 0.25) is 0 Å². The molecule has 21 heavy (non-hydrogen) atoms. The summed E-state index contributed by atoms with van der Waals surface area (Å²) in [5.74, 6) is -2.12. The zero-order valence-electron chi connectivity index (χ0n) is 10.7. The summed E-state index contributed by atoms with van der Waals surface area (Å²) >= 11 is 5.75. The molecule has 4 nitrogen and oxygen atoms in total. The van der Waals surface area contributed by atoms with Crippen LogP contribution in [-0.2, 0) is 11.3 Å². The Hall–Kier alpha value is -2.02. The van der Waals surface area contributed by atoms with E-state index < -0.39 is 12.1 Å². The van der Waals surface area contributed by atoms with Crippen molar-refractivity contribution >= 4 is 17.5 Å². The first-order valence-corrected chi connectivity index (χ1v) is 6.34. The van der Waals surface area contributed by atoms with Crippen LogP contribution in [0, 0.1) is 0 Å². The number of halogens is 4. The number of aromatic nitrogens is 1. The van der Waals surface area contributed by atoms with E-state index in [1.807, 2.05) is 0 Å². The van der Waals surface area contributed by atoms with E-state index in [-0.39, 0.29) is 5.49 Å². The number of carbonyl (C=O) groups excluding carboxylic acids is 1. The lowest BCUT2D eigenvalue weighted by Crippen LogP contribution is -2.29. The minimum Gasteiger partial charge on any atom is -0.372 e. The first kappa shape index (κ1) is 15.4. The Morgan fingerprint density at radius 3 is 2.76 bits per heavy atom. The van der Waals surface area contributed by atoms with Gasteiger partial charge in [0.1, 0.15) is 10.6 Å². The second-order valence-electron chi connectivity index (χ2n) is 4.29. The maximum Gasteiger partial charge on any atom is 0.473 e. The first-order chi connectivity index (χ1) is 9.86. The summed E-state index contributed by atoms with van der Waals surface area (Å²) in [7, 11) is 0. The molecule has 1 aliphatic heterocycles. The van der Waals surface area contributed by atoms with Crippen molar-refractivity contribution in [2.45, 2.75) is 12.7 Å². The highest BCUT2D eigenvalue weighted by Crippen LogP contribution is 2.15. The number of carbonyl (C=O) groups is 1. The number of allylic oxidation sites excluding steroid dienone is 2. The van der Waals surface area contributed by atoms with Gasteiger partial charge < -0.3 is 9.88 Å². The number of rotatable bonds is 2. The number of pyridine rings is 1. The molecule has 112 valence electrons. The largest absolute Gasteiger partial charge is 0.473 e. The molecule has 0 aliphatic carbocycles. The van der Waals surface area contributed by atoms with Crippen LogP contribution in [0.3, 0.4) is 0 Å². The minimum atomic E-state index is -4.98. The van der Waals surface area contributed by atoms with E-state index in [0.29, 0.717) is 18.2 Å². The third kappa shape index (κ3) is 4.22. The summed E-state index contributed by atoms with van der Waals surface area (Å²) in [6, 6.07) is 4.52. The Morgan fingerprint density at radius 1 is 1.38 bits per heavy atom. The summed E-state index contributed by atoms with van der Waals surface area (Å²) in [4.78, 5) is 14.1. The van der Waals surface area contributed by atoms with E-state index in [0.717, 1.165) is 5.57 Å². The van der Waals surface area contributed by atoms with E-state index >= 15 is 0 Å². The SMILES string of the molecule is O=C(/N=c1\ccccn1CC1=CC=C(Cl)NC1)C(F)(F)F. The smallest absolute Gasteiger partial charge is 0.372 e. The molecule has 0 bridgehead atoms. The quantitative estimate of drug-likeness (QED) is 0.849. The van der Waals surface area contributed by atoms with E-state index in [4.69, 9.17) is 11.6 Å². The van der Waals surface area contributed by atoms with Crippen LogP contribution < -0.4 is 10.8 Å². The van der Waals surface area contributed by atoms with Gasteiger partial charge >= 0.3 is 12.1 Å². The van der Waals surface area contributed by atoms with Gasteiger partial charge in [0, 0.05) is 19.3 Å². The molecule has 8 heteroatoms. The summed E-state index contributed by atoms with van der Waals surface area (Å²) in [6.45, 7) is 0.780. The molecule has 1 aromatic heterocycles. The molecule has 0 aromatic carbocycles. The van der Waals surface area contributed by atoms with Crippen molar-refractivity contribution in [3.8, 4) is 0 Å².